The van der Waals surface area contributed by atoms with Crippen LogP contribution in [-0.2, 0) is 30.6 Å². The number of benzene rings is 1. The number of carbonyl (C=O) groups excluding carboxylic acids is 3. The minimum absolute atomic E-state index is 0.00370. The number of nitrogens with one attached hydrogen (secondary N) is 1. The molecule has 2 atom stereocenters. The average molecular weight is 586 g/mol. The Morgan fingerprint density at radius 1 is 1.30 bits per heavy atom. The fourth-order valence-electron chi connectivity index (χ4n) is 3.67. The number of oxime groups is 1. The molecule has 11 nitrogen and oxygen atoms in total. The van der Waals surface area contributed by atoms with Crippen molar-refractivity contribution in [3.05, 3.63) is 51.1 Å². The number of alkyl halides is 1. The van der Waals surface area contributed by atoms with Crippen LogP contribution in [0.2, 0.25) is 4.34 Å². The number of thioether (sulfide) groups is 1. The van der Waals surface area contributed by atoms with E-state index >= 15 is 0 Å². The quantitative estimate of drug-likeness (QED) is 0.149. The van der Waals surface area contributed by atoms with Crippen LogP contribution in [0, 0.1) is 0 Å². The molecule has 0 saturated carbocycles. The third kappa shape index (κ3) is 5.49. The smallest absolute Gasteiger partial charge is 0.355 e. The molecule has 0 aliphatic carbocycles. The van der Waals surface area contributed by atoms with Gasteiger partial charge in [0, 0.05) is 11.6 Å². The number of anilines is 1. The van der Waals surface area contributed by atoms with Gasteiger partial charge in [0.1, 0.15) is 46.6 Å². The normalized spacial score (nSPS) is 19.2. The SMILES string of the molecule is CON=C(C(=O)N[C@@H]1C(=O)N2C(C(=O)OCc3ccc(OC)cc3)=C(CCl)CS[C@H]12)c1nc(N)sc1Cl. The molecular formula is C22H21Cl2N5O6S2. The van der Waals surface area contributed by atoms with Crippen LogP contribution < -0.4 is 15.8 Å². The molecule has 2 aliphatic rings. The van der Waals surface area contributed by atoms with Crippen LogP contribution in [0.3, 0.4) is 0 Å². The summed E-state index contributed by atoms with van der Waals surface area (Å²) in [6, 6.07) is 6.10. The molecule has 15 heteroatoms. The number of β-lactam (4-membered cyclic amide) rings is 1. The van der Waals surface area contributed by atoms with Gasteiger partial charge in [0.05, 0.1) is 7.11 Å². The predicted molar refractivity (Wildman–Crippen MR) is 141 cm³/mol. The Bertz CT molecular complexity index is 1280. The van der Waals surface area contributed by atoms with E-state index in [0.717, 1.165) is 16.9 Å². The van der Waals surface area contributed by atoms with Crippen molar-refractivity contribution >= 4 is 74.9 Å². The van der Waals surface area contributed by atoms with Gasteiger partial charge in [0.15, 0.2) is 10.8 Å². The highest BCUT2D eigenvalue weighted by Gasteiger charge is 2.54. The molecule has 3 heterocycles. The van der Waals surface area contributed by atoms with Crippen LogP contribution in [0.15, 0.2) is 40.7 Å². The van der Waals surface area contributed by atoms with Crippen LogP contribution >= 0.6 is 46.3 Å². The average Bonchev–Trinajstić information content (AvgIpc) is 3.24. The second kappa shape index (κ2) is 11.6. The second-order valence-corrected chi connectivity index (χ2v) is 10.7. The number of hydrogen-bond donors (Lipinski definition) is 2. The van der Waals surface area contributed by atoms with Crippen LogP contribution in [0.1, 0.15) is 11.3 Å². The van der Waals surface area contributed by atoms with E-state index in [4.69, 9.17) is 43.2 Å². The highest BCUT2D eigenvalue weighted by Crippen LogP contribution is 2.41. The lowest BCUT2D eigenvalue weighted by Gasteiger charge is -2.49. The molecule has 3 N–H and O–H groups in total. The van der Waals surface area contributed by atoms with E-state index in [9.17, 15) is 14.4 Å². The Morgan fingerprint density at radius 3 is 2.62 bits per heavy atom. The molecule has 2 amide bonds. The van der Waals surface area contributed by atoms with Gasteiger partial charge in [-0.15, -0.1) is 23.4 Å². The Kier molecular flexibility index (Phi) is 8.47. The number of hydrogen-bond acceptors (Lipinski definition) is 11. The number of methoxy groups -OCH3 is 1. The lowest BCUT2D eigenvalue weighted by molar-refractivity contribution is -0.153. The van der Waals surface area contributed by atoms with Gasteiger partial charge in [0.2, 0.25) is 0 Å². The fourth-order valence-corrected chi connectivity index (χ4v) is 6.28. The molecule has 2 aromatic rings. The zero-order chi connectivity index (χ0) is 26.7. The number of fused-ring (bicyclic) bond motifs is 1. The van der Waals surface area contributed by atoms with Crippen LogP contribution in [0.5, 0.6) is 5.75 Å². The van der Waals surface area contributed by atoms with Crippen molar-refractivity contribution in [3.63, 3.8) is 0 Å². The van der Waals surface area contributed by atoms with E-state index < -0.39 is 29.2 Å². The molecule has 2 aliphatic heterocycles. The maximum atomic E-state index is 13.1. The zero-order valence-corrected chi connectivity index (χ0v) is 22.7. The van der Waals surface area contributed by atoms with E-state index in [1.807, 2.05) is 0 Å². The maximum absolute atomic E-state index is 13.1. The first-order valence-corrected chi connectivity index (χ1v) is 13.4. The number of nitrogen functional groups attached to an aromatic ring is 1. The summed E-state index contributed by atoms with van der Waals surface area (Å²) in [4.78, 5) is 49.2. The molecule has 0 radical (unpaired) electrons. The topological polar surface area (TPSA) is 145 Å². The highest BCUT2D eigenvalue weighted by atomic mass is 35.5. The largest absolute Gasteiger partial charge is 0.497 e. The summed E-state index contributed by atoms with van der Waals surface area (Å²) in [6.07, 6.45) is 0. The van der Waals surface area contributed by atoms with E-state index in [0.29, 0.717) is 17.1 Å². The van der Waals surface area contributed by atoms with E-state index in [-0.39, 0.29) is 39.1 Å². The number of ether oxygens (including phenoxy) is 2. The van der Waals surface area contributed by atoms with Gasteiger partial charge < -0.3 is 25.4 Å². The number of esters is 1. The summed E-state index contributed by atoms with van der Waals surface area (Å²) in [6.45, 7) is -0.00370. The summed E-state index contributed by atoms with van der Waals surface area (Å²) in [5.41, 5.74) is 6.87. The number of amides is 2. The number of nitrogens with two attached hydrogens (primary N) is 1. The van der Waals surface area contributed by atoms with Gasteiger partial charge in [-0.05, 0) is 23.3 Å². The lowest BCUT2D eigenvalue weighted by Crippen LogP contribution is -2.71. The molecule has 1 aromatic heterocycles. The van der Waals surface area contributed by atoms with Crippen molar-refractivity contribution in [1.29, 1.82) is 0 Å². The van der Waals surface area contributed by atoms with Gasteiger partial charge in [-0.1, -0.05) is 40.2 Å². The Hall–Kier alpha value is -3.00. The van der Waals surface area contributed by atoms with Gasteiger partial charge in [-0.25, -0.2) is 9.78 Å². The number of aromatic nitrogens is 1. The maximum Gasteiger partial charge on any atom is 0.355 e. The Labute approximate surface area is 229 Å². The predicted octanol–water partition coefficient (Wildman–Crippen LogP) is 2.37. The van der Waals surface area contributed by atoms with Gasteiger partial charge in [-0.2, -0.15) is 0 Å². The zero-order valence-electron chi connectivity index (χ0n) is 19.5. The van der Waals surface area contributed by atoms with Crippen molar-refractivity contribution in [1.82, 2.24) is 15.2 Å². The highest BCUT2D eigenvalue weighted by molar-refractivity contribution is 8.00. The van der Waals surface area contributed by atoms with Crippen LogP contribution in [-0.4, -0.2) is 70.6 Å². The molecule has 1 aromatic carbocycles. The number of nitrogens with zero attached hydrogens (tertiary/aromatic N) is 3. The number of rotatable bonds is 9. The van der Waals surface area contributed by atoms with Crippen molar-refractivity contribution in [2.24, 2.45) is 5.16 Å². The Morgan fingerprint density at radius 2 is 2.03 bits per heavy atom. The summed E-state index contributed by atoms with van der Waals surface area (Å²) >= 11 is 14.5. The molecule has 0 spiro atoms. The summed E-state index contributed by atoms with van der Waals surface area (Å²) in [5, 5.41) is 5.93. The van der Waals surface area contributed by atoms with E-state index in [2.05, 4.69) is 15.5 Å². The van der Waals surface area contributed by atoms with Crippen molar-refractivity contribution in [3.8, 4) is 5.75 Å². The van der Waals surface area contributed by atoms with Crippen molar-refractivity contribution in [2.45, 2.75) is 18.0 Å². The van der Waals surface area contributed by atoms with Gasteiger partial charge >= 0.3 is 5.97 Å². The Balaban J connectivity index is 1.47. The van der Waals surface area contributed by atoms with Gasteiger partial charge in [-0.3, -0.25) is 14.5 Å². The molecule has 1 saturated heterocycles. The molecule has 37 heavy (non-hydrogen) atoms. The standard InChI is InChI=1S/C22H21Cl2N5O6S2/c1-33-12-5-3-10(4-6-12)8-35-21(32)16-11(7-23)9-36-20-15(19(31)29(16)20)26-18(30)14(28-34-2)13-17(24)37-22(25)27-13/h3-6,15,20H,7-9H2,1-2H3,(H2,25,27)(H,26,30)/t15-,20-/m1/s1. The van der Waals surface area contributed by atoms with E-state index in [1.165, 1.54) is 23.8 Å². The summed E-state index contributed by atoms with van der Waals surface area (Å²) in [5.74, 6) is -0.810. The third-order valence-electron chi connectivity index (χ3n) is 5.44. The molecule has 0 bridgehead atoms. The number of halogens is 2. The van der Waals surface area contributed by atoms with Crippen LogP contribution in [0.4, 0.5) is 5.13 Å². The van der Waals surface area contributed by atoms with Crippen molar-refractivity contribution < 1.29 is 28.7 Å². The molecule has 0 unspecified atom stereocenters. The van der Waals surface area contributed by atoms with Crippen LogP contribution in [0.25, 0.3) is 0 Å². The monoisotopic (exact) mass is 585 g/mol. The first-order chi connectivity index (χ1) is 17.8. The number of carbonyl (C=O) groups is 3. The fraction of sp³-hybridized carbons (Fsp3) is 0.318. The van der Waals surface area contributed by atoms with E-state index in [1.54, 1.807) is 31.4 Å². The first-order valence-electron chi connectivity index (χ1n) is 10.7. The first kappa shape index (κ1) is 27.0. The minimum atomic E-state index is -0.935. The minimum Gasteiger partial charge on any atom is -0.497 e. The summed E-state index contributed by atoms with van der Waals surface area (Å²) < 4.78 is 10.8. The second-order valence-electron chi connectivity index (χ2n) is 7.67. The van der Waals surface area contributed by atoms with Gasteiger partial charge in [0.25, 0.3) is 11.8 Å². The molecular weight excluding hydrogens is 565 g/mol. The molecule has 4 rings (SSSR count). The third-order valence-corrected chi connectivity index (χ3v) is 8.19. The lowest BCUT2D eigenvalue weighted by atomic mass is 10.0. The molecule has 196 valence electrons. The van der Waals surface area contributed by atoms with Crippen molar-refractivity contribution in [2.75, 3.05) is 31.6 Å². The number of thiazole rings is 1. The summed E-state index contributed by atoms with van der Waals surface area (Å²) in [7, 11) is 2.81. The molecule has 1 fully saturated rings.